The normalized spacial score (nSPS) is 11.3. The minimum absolute atomic E-state index is 0.639. The average molecular weight is 611 g/mol. The Kier molecular flexibility index (Phi) is 6.22. The zero-order chi connectivity index (χ0) is 32.2. The summed E-state index contributed by atoms with van der Waals surface area (Å²) in [7, 11) is 0. The molecule has 4 heteroatoms. The fourth-order valence-electron chi connectivity index (χ4n) is 7.33. The standard InChI is InChI=1S/C44H26N4/c45-27-29-21-23-43-37(25-29)35-15-5-10-20-42(35)48(43)40-18-8-4-14-34(40)33-13-3-2-12-32(33)30-22-24-44-38(26-30)36-16-6-9-19-41(36)47(44)39-17-7-1-11-31(39)28-46/h1-26H. The number of para-hydroxylation sites is 4. The van der Waals surface area contributed by atoms with Gasteiger partial charge in [0.15, 0.2) is 0 Å². The van der Waals surface area contributed by atoms with E-state index in [1.807, 2.05) is 36.4 Å². The Morgan fingerprint density at radius 2 is 0.896 bits per heavy atom. The van der Waals surface area contributed by atoms with E-state index in [4.69, 9.17) is 0 Å². The molecule has 7 aromatic carbocycles. The van der Waals surface area contributed by atoms with Gasteiger partial charge in [0, 0.05) is 27.1 Å². The first-order valence-corrected chi connectivity index (χ1v) is 15.9. The third kappa shape index (κ3) is 4.07. The Balaban J connectivity index is 1.28. The SMILES string of the molecule is N#Cc1ccc2c(c1)c1ccccc1n2-c1ccccc1-c1ccccc1-c1ccc2c(c1)c1ccccc1n2-c1ccccc1C#N. The molecule has 0 saturated heterocycles. The van der Waals surface area contributed by atoms with Gasteiger partial charge in [-0.2, -0.15) is 10.5 Å². The van der Waals surface area contributed by atoms with Gasteiger partial charge < -0.3 is 9.13 Å². The number of nitriles is 2. The van der Waals surface area contributed by atoms with Crippen LogP contribution in [0.4, 0.5) is 0 Å². The van der Waals surface area contributed by atoms with E-state index in [-0.39, 0.29) is 0 Å². The maximum absolute atomic E-state index is 9.95. The zero-order valence-corrected chi connectivity index (χ0v) is 25.8. The molecule has 0 bridgehead atoms. The third-order valence-corrected chi connectivity index (χ3v) is 9.41. The second-order valence-electron chi connectivity index (χ2n) is 12.0. The van der Waals surface area contributed by atoms with E-state index in [0.717, 1.165) is 77.2 Å². The van der Waals surface area contributed by atoms with Gasteiger partial charge >= 0.3 is 0 Å². The topological polar surface area (TPSA) is 57.4 Å². The molecule has 0 amide bonds. The molecular formula is C44H26N4. The van der Waals surface area contributed by atoms with Crippen molar-refractivity contribution in [2.24, 2.45) is 0 Å². The first-order valence-electron chi connectivity index (χ1n) is 15.9. The Bertz CT molecular complexity index is 2820. The highest BCUT2D eigenvalue weighted by molar-refractivity contribution is 6.12. The fourth-order valence-corrected chi connectivity index (χ4v) is 7.33. The van der Waals surface area contributed by atoms with Crippen LogP contribution in [0.5, 0.6) is 0 Å². The number of fused-ring (bicyclic) bond motifs is 6. The Labute approximate surface area is 277 Å². The molecule has 0 fully saturated rings. The summed E-state index contributed by atoms with van der Waals surface area (Å²) in [4.78, 5) is 0. The van der Waals surface area contributed by atoms with Crippen molar-refractivity contribution < 1.29 is 0 Å². The number of hydrogen-bond donors (Lipinski definition) is 0. The van der Waals surface area contributed by atoms with E-state index in [0.29, 0.717) is 11.1 Å². The van der Waals surface area contributed by atoms with Gasteiger partial charge in [-0.1, -0.05) is 97.1 Å². The van der Waals surface area contributed by atoms with Crippen LogP contribution in [0.3, 0.4) is 0 Å². The van der Waals surface area contributed by atoms with Crippen molar-refractivity contribution in [1.29, 1.82) is 10.5 Å². The van der Waals surface area contributed by atoms with Gasteiger partial charge in [-0.05, 0) is 77.4 Å². The van der Waals surface area contributed by atoms with Crippen molar-refractivity contribution in [3.05, 3.63) is 169 Å². The number of rotatable bonds is 4. The van der Waals surface area contributed by atoms with Gasteiger partial charge in [0.05, 0.1) is 50.6 Å². The molecule has 0 spiro atoms. The van der Waals surface area contributed by atoms with Gasteiger partial charge in [-0.15, -0.1) is 0 Å². The van der Waals surface area contributed by atoms with Crippen LogP contribution in [0.1, 0.15) is 11.1 Å². The largest absolute Gasteiger partial charge is 0.309 e. The molecule has 0 radical (unpaired) electrons. The van der Waals surface area contributed by atoms with Crippen molar-refractivity contribution in [2.45, 2.75) is 0 Å². The lowest BCUT2D eigenvalue weighted by Gasteiger charge is -2.17. The van der Waals surface area contributed by atoms with E-state index in [9.17, 15) is 10.5 Å². The molecule has 222 valence electrons. The second kappa shape index (κ2) is 10.9. The maximum atomic E-state index is 9.95. The van der Waals surface area contributed by atoms with Gasteiger partial charge in [0.2, 0.25) is 0 Å². The molecule has 0 aliphatic carbocycles. The minimum atomic E-state index is 0.639. The molecule has 0 aliphatic heterocycles. The highest BCUT2D eigenvalue weighted by Crippen LogP contribution is 2.41. The van der Waals surface area contributed by atoms with Crippen LogP contribution in [0.25, 0.3) is 77.2 Å². The summed E-state index contributed by atoms with van der Waals surface area (Å²) >= 11 is 0. The van der Waals surface area contributed by atoms with E-state index in [1.165, 1.54) is 0 Å². The van der Waals surface area contributed by atoms with E-state index in [1.54, 1.807) is 0 Å². The second-order valence-corrected chi connectivity index (χ2v) is 12.0. The fraction of sp³-hybridized carbons (Fsp3) is 0. The zero-order valence-electron chi connectivity index (χ0n) is 25.8. The molecule has 4 nitrogen and oxygen atoms in total. The molecule has 2 heterocycles. The molecule has 2 aromatic heterocycles. The molecular weight excluding hydrogens is 585 g/mol. The lowest BCUT2D eigenvalue weighted by Crippen LogP contribution is -1.98. The van der Waals surface area contributed by atoms with Crippen molar-refractivity contribution in [2.75, 3.05) is 0 Å². The van der Waals surface area contributed by atoms with Gasteiger partial charge in [0.1, 0.15) is 6.07 Å². The summed E-state index contributed by atoms with van der Waals surface area (Å²) in [5.41, 5.74) is 12.0. The Morgan fingerprint density at radius 1 is 0.375 bits per heavy atom. The molecule has 0 aliphatic rings. The average Bonchev–Trinajstić information content (AvgIpc) is 3.66. The lowest BCUT2D eigenvalue weighted by atomic mass is 9.92. The summed E-state index contributed by atoms with van der Waals surface area (Å²) in [6.07, 6.45) is 0. The number of benzene rings is 7. The smallest absolute Gasteiger partial charge is 0.101 e. The summed E-state index contributed by atoms with van der Waals surface area (Å²) in [6.45, 7) is 0. The van der Waals surface area contributed by atoms with Gasteiger partial charge in [-0.3, -0.25) is 0 Å². The Morgan fingerprint density at radius 3 is 1.60 bits per heavy atom. The number of hydrogen-bond acceptors (Lipinski definition) is 2. The summed E-state index contributed by atoms with van der Waals surface area (Å²) in [6, 6.07) is 59.1. The van der Waals surface area contributed by atoms with Crippen LogP contribution in [-0.4, -0.2) is 9.13 Å². The summed E-state index contributed by atoms with van der Waals surface area (Å²) in [5.74, 6) is 0. The maximum Gasteiger partial charge on any atom is 0.101 e. The predicted octanol–water partition coefficient (Wildman–Crippen LogP) is 11.0. The van der Waals surface area contributed by atoms with Crippen LogP contribution in [0.15, 0.2) is 158 Å². The van der Waals surface area contributed by atoms with Crippen molar-refractivity contribution >= 4 is 43.6 Å². The van der Waals surface area contributed by atoms with Crippen molar-refractivity contribution in [3.63, 3.8) is 0 Å². The number of nitrogens with zero attached hydrogens (tertiary/aromatic N) is 4. The van der Waals surface area contributed by atoms with Crippen LogP contribution in [-0.2, 0) is 0 Å². The summed E-state index contributed by atoms with van der Waals surface area (Å²) in [5, 5.41) is 24.1. The van der Waals surface area contributed by atoms with Crippen LogP contribution >= 0.6 is 0 Å². The third-order valence-electron chi connectivity index (χ3n) is 9.41. The molecule has 48 heavy (non-hydrogen) atoms. The first-order chi connectivity index (χ1) is 23.7. The number of aromatic nitrogens is 2. The molecule has 9 aromatic rings. The van der Waals surface area contributed by atoms with Gasteiger partial charge in [-0.25, -0.2) is 0 Å². The highest BCUT2D eigenvalue weighted by atomic mass is 15.0. The van der Waals surface area contributed by atoms with E-state index >= 15 is 0 Å². The van der Waals surface area contributed by atoms with Crippen molar-refractivity contribution in [3.8, 4) is 45.8 Å². The lowest BCUT2D eigenvalue weighted by molar-refractivity contribution is 1.17. The molecule has 0 saturated carbocycles. The highest BCUT2D eigenvalue weighted by Gasteiger charge is 2.19. The molecule has 0 N–H and O–H groups in total. The summed E-state index contributed by atoms with van der Waals surface area (Å²) < 4.78 is 4.52. The van der Waals surface area contributed by atoms with Gasteiger partial charge in [0.25, 0.3) is 0 Å². The van der Waals surface area contributed by atoms with E-state index in [2.05, 4.69) is 143 Å². The minimum Gasteiger partial charge on any atom is -0.309 e. The Hall–Kier alpha value is -6.88. The van der Waals surface area contributed by atoms with Crippen LogP contribution < -0.4 is 0 Å². The molecule has 9 rings (SSSR count). The monoisotopic (exact) mass is 610 g/mol. The van der Waals surface area contributed by atoms with Crippen LogP contribution in [0, 0.1) is 22.7 Å². The molecule has 0 atom stereocenters. The predicted molar refractivity (Wildman–Crippen MR) is 195 cm³/mol. The quantitative estimate of drug-likeness (QED) is 0.199. The van der Waals surface area contributed by atoms with Crippen molar-refractivity contribution in [1.82, 2.24) is 9.13 Å². The van der Waals surface area contributed by atoms with E-state index < -0.39 is 0 Å². The first kappa shape index (κ1) is 27.4. The molecule has 0 unspecified atom stereocenters. The van der Waals surface area contributed by atoms with Crippen LogP contribution in [0.2, 0.25) is 0 Å².